The van der Waals surface area contributed by atoms with Crippen LogP contribution in [0.15, 0.2) is 21.6 Å². The van der Waals surface area contributed by atoms with Gasteiger partial charge in [-0.3, -0.25) is 0 Å². The zero-order valence-electron chi connectivity index (χ0n) is 11.6. The van der Waals surface area contributed by atoms with Gasteiger partial charge in [-0.05, 0) is 32.9 Å². The zero-order chi connectivity index (χ0) is 14.0. The predicted octanol–water partition coefficient (Wildman–Crippen LogP) is 1.85. The predicted molar refractivity (Wildman–Crippen MR) is 70.8 cm³/mol. The molecule has 1 aromatic rings. The fraction of sp³-hybridized carbons (Fsp3) is 0.667. The number of rotatable bonds is 5. The molecule has 0 saturated carbocycles. The van der Waals surface area contributed by atoms with Crippen molar-refractivity contribution in [1.82, 2.24) is 10.0 Å². The molecule has 18 heavy (non-hydrogen) atoms. The summed E-state index contributed by atoms with van der Waals surface area (Å²) in [5, 5.41) is 3.12. The molecule has 0 aromatic carbocycles. The SMILES string of the molecule is CC(C)NCc1ccc(S(=O)(=O)NC(C)(C)C)o1. The molecule has 0 aliphatic carbocycles. The summed E-state index contributed by atoms with van der Waals surface area (Å²) in [5.41, 5.74) is -0.526. The molecule has 1 heterocycles. The van der Waals surface area contributed by atoms with E-state index in [0.29, 0.717) is 18.3 Å². The van der Waals surface area contributed by atoms with Crippen molar-refractivity contribution in [2.45, 2.75) is 57.8 Å². The standard InChI is InChI=1S/C12H22N2O3S/c1-9(2)13-8-10-6-7-11(17-10)18(15,16)14-12(3,4)5/h6-7,9,13-14H,8H2,1-5H3. The van der Waals surface area contributed by atoms with Crippen molar-refractivity contribution >= 4 is 10.0 Å². The van der Waals surface area contributed by atoms with E-state index in [0.717, 1.165) is 0 Å². The van der Waals surface area contributed by atoms with Crippen LogP contribution in [0.4, 0.5) is 0 Å². The molecule has 0 amide bonds. The molecule has 0 saturated heterocycles. The minimum absolute atomic E-state index is 0.0435. The van der Waals surface area contributed by atoms with Crippen molar-refractivity contribution in [2.24, 2.45) is 0 Å². The molecule has 0 unspecified atom stereocenters. The summed E-state index contributed by atoms with van der Waals surface area (Å²) in [6.45, 7) is 9.91. The number of furan rings is 1. The number of sulfonamides is 1. The Balaban J connectivity index is 2.79. The van der Waals surface area contributed by atoms with E-state index in [4.69, 9.17) is 4.42 Å². The Hall–Kier alpha value is -0.850. The molecule has 0 radical (unpaired) electrons. The van der Waals surface area contributed by atoms with Crippen LogP contribution in [0.2, 0.25) is 0 Å². The molecular formula is C12H22N2O3S. The third kappa shape index (κ3) is 4.80. The third-order valence-electron chi connectivity index (χ3n) is 2.03. The van der Waals surface area contributed by atoms with Gasteiger partial charge in [0.25, 0.3) is 10.0 Å². The first-order valence-electron chi connectivity index (χ1n) is 5.96. The minimum Gasteiger partial charge on any atom is -0.447 e. The maximum Gasteiger partial charge on any atom is 0.274 e. The first-order valence-corrected chi connectivity index (χ1v) is 7.44. The van der Waals surface area contributed by atoms with Crippen LogP contribution in [0.25, 0.3) is 0 Å². The van der Waals surface area contributed by atoms with Crippen molar-refractivity contribution in [2.75, 3.05) is 0 Å². The van der Waals surface area contributed by atoms with Gasteiger partial charge in [0.2, 0.25) is 5.09 Å². The minimum atomic E-state index is -3.58. The lowest BCUT2D eigenvalue weighted by atomic mass is 10.1. The van der Waals surface area contributed by atoms with Crippen molar-refractivity contribution in [3.05, 3.63) is 17.9 Å². The average Bonchev–Trinajstić information content (AvgIpc) is 2.59. The van der Waals surface area contributed by atoms with E-state index in [1.807, 2.05) is 13.8 Å². The van der Waals surface area contributed by atoms with E-state index < -0.39 is 15.6 Å². The summed E-state index contributed by atoms with van der Waals surface area (Å²) in [5.74, 6) is 0.609. The molecular weight excluding hydrogens is 252 g/mol. The maximum absolute atomic E-state index is 12.0. The summed E-state index contributed by atoms with van der Waals surface area (Å²) in [6, 6.07) is 3.47. The normalized spacial score (nSPS) is 13.2. The number of hydrogen-bond acceptors (Lipinski definition) is 4. The molecule has 0 bridgehead atoms. The Morgan fingerprint density at radius 1 is 1.28 bits per heavy atom. The molecule has 0 spiro atoms. The average molecular weight is 274 g/mol. The van der Waals surface area contributed by atoms with Crippen molar-refractivity contribution in [1.29, 1.82) is 0 Å². The van der Waals surface area contributed by atoms with Crippen LogP contribution in [-0.4, -0.2) is 20.0 Å². The zero-order valence-corrected chi connectivity index (χ0v) is 12.4. The topological polar surface area (TPSA) is 71.3 Å². The highest BCUT2D eigenvalue weighted by atomic mass is 32.2. The highest BCUT2D eigenvalue weighted by Crippen LogP contribution is 2.16. The highest BCUT2D eigenvalue weighted by Gasteiger charge is 2.24. The largest absolute Gasteiger partial charge is 0.447 e. The Bertz CT molecular complexity index is 484. The monoisotopic (exact) mass is 274 g/mol. The second-order valence-electron chi connectivity index (χ2n) is 5.61. The van der Waals surface area contributed by atoms with E-state index in [9.17, 15) is 8.42 Å². The lowest BCUT2D eigenvalue weighted by molar-refractivity contribution is 0.387. The second-order valence-corrected chi connectivity index (χ2v) is 7.23. The van der Waals surface area contributed by atoms with Crippen LogP contribution in [0.5, 0.6) is 0 Å². The van der Waals surface area contributed by atoms with E-state index in [-0.39, 0.29) is 5.09 Å². The highest BCUT2D eigenvalue weighted by molar-refractivity contribution is 7.89. The first kappa shape index (κ1) is 15.2. The van der Waals surface area contributed by atoms with Gasteiger partial charge >= 0.3 is 0 Å². The van der Waals surface area contributed by atoms with Gasteiger partial charge in [0.05, 0.1) is 6.54 Å². The summed E-state index contributed by atoms with van der Waals surface area (Å²) in [7, 11) is -3.58. The van der Waals surface area contributed by atoms with Crippen molar-refractivity contribution < 1.29 is 12.8 Å². The molecule has 0 fully saturated rings. The first-order chi connectivity index (χ1) is 8.10. The van der Waals surface area contributed by atoms with Crippen LogP contribution in [-0.2, 0) is 16.6 Å². The smallest absolute Gasteiger partial charge is 0.274 e. The molecule has 6 heteroatoms. The fourth-order valence-electron chi connectivity index (χ4n) is 1.36. The van der Waals surface area contributed by atoms with E-state index in [1.165, 1.54) is 6.07 Å². The molecule has 104 valence electrons. The van der Waals surface area contributed by atoms with E-state index in [2.05, 4.69) is 10.0 Å². The van der Waals surface area contributed by atoms with Crippen LogP contribution in [0.1, 0.15) is 40.4 Å². The van der Waals surface area contributed by atoms with Gasteiger partial charge in [0.1, 0.15) is 5.76 Å². The lowest BCUT2D eigenvalue weighted by Crippen LogP contribution is -2.40. The molecule has 0 aliphatic heterocycles. The van der Waals surface area contributed by atoms with Crippen LogP contribution < -0.4 is 10.0 Å². The van der Waals surface area contributed by atoms with Gasteiger partial charge in [-0.25, -0.2) is 13.1 Å². The number of nitrogens with one attached hydrogen (secondary N) is 2. The van der Waals surface area contributed by atoms with Gasteiger partial charge in [0.15, 0.2) is 0 Å². The van der Waals surface area contributed by atoms with Gasteiger partial charge in [-0.15, -0.1) is 0 Å². The van der Waals surface area contributed by atoms with Gasteiger partial charge in [-0.2, -0.15) is 0 Å². The molecule has 1 aromatic heterocycles. The van der Waals surface area contributed by atoms with Crippen LogP contribution >= 0.6 is 0 Å². The summed E-state index contributed by atoms with van der Waals surface area (Å²) >= 11 is 0. The van der Waals surface area contributed by atoms with Crippen LogP contribution in [0, 0.1) is 0 Å². The molecule has 2 N–H and O–H groups in total. The molecule has 0 atom stereocenters. The Morgan fingerprint density at radius 3 is 2.39 bits per heavy atom. The molecule has 1 rings (SSSR count). The summed E-state index contributed by atoms with van der Waals surface area (Å²) in [6.07, 6.45) is 0. The van der Waals surface area contributed by atoms with E-state index in [1.54, 1.807) is 26.8 Å². The second kappa shape index (κ2) is 5.42. The van der Waals surface area contributed by atoms with Crippen LogP contribution in [0.3, 0.4) is 0 Å². The van der Waals surface area contributed by atoms with E-state index >= 15 is 0 Å². The maximum atomic E-state index is 12.0. The Labute approximate surface area is 109 Å². The molecule has 0 aliphatic rings. The van der Waals surface area contributed by atoms with Crippen molar-refractivity contribution in [3.63, 3.8) is 0 Å². The summed E-state index contributed by atoms with van der Waals surface area (Å²) in [4.78, 5) is 0. The van der Waals surface area contributed by atoms with Gasteiger partial charge in [-0.1, -0.05) is 13.8 Å². The van der Waals surface area contributed by atoms with Crippen molar-refractivity contribution in [3.8, 4) is 0 Å². The van der Waals surface area contributed by atoms with Gasteiger partial charge in [0, 0.05) is 11.6 Å². The Kier molecular flexibility index (Phi) is 4.58. The summed E-state index contributed by atoms with van der Waals surface area (Å²) < 4.78 is 31.8. The quantitative estimate of drug-likeness (QED) is 0.859. The third-order valence-corrected chi connectivity index (χ3v) is 3.66. The lowest BCUT2D eigenvalue weighted by Gasteiger charge is -2.19. The fourth-order valence-corrected chi connectivity index (χ4v) is 2.73. The van der Waals surface area contributed by atoms with Gasteiger partial charge < -0.3 is 9.73 Å². The number of hydrogen-bond donors (Lipinski definition) is 2. The molecule has 5 nitrogen and oxygen atoms in total. The Morgan fingerprint density at radius 2 is 1.89 bits per heavy atom.